The molecule has 0 atom stereocenters. The molecule has 0 radical (unpaired) electrons. The Hall–Kier alpha value is -1.21. The van der Waals surface area contributed by atoms with Gasteiger partial charge in [0.1, 0.15) is 5.75 Å². The van der Waals surface area contributed by atoms with Gasteiger partial charge in [-0.2, -0.15) is 0 Å². The van der Waals surface area contributed by atoms with Crippen molar-refractivity contribution in [3.05, 3.63) is 28.2 Å². The minimum atomic E-state index is -2.60. The lowest BCUT2D eigenvalue weighted by Crippen LogP contribution is -2.37. The van der Waals surface area contributed by atoms with Gasteiger partial charge in [0.2, 0.25) is 5.91 Å². The van der Waals surface area contributed by atoms with E-state index < -0.39 is 18.9 Å². The van der Waals surface area contributed by atoms with Gasteiger partial charge in [-0.15, -0.1) is 0 Å². The van der Waals surface area contributed by atoms with E-state index in [1.165, 1.54) is 0 Å². The van der Waals surface area contributed by atoms with Crippen molar-refractivity contribution >= 4 is 21.8 Å². The van der Waals surface area contributed by atoms with Crippen molar-refractivity contribution in [2.45, 2.75) is 19.3 Å². The van der Waals surface area contributed by atoms with E-state index in [1.807, 2.05) is 12.1 Å². The van der Waals surface area contributed by atoms with E-state index in [2.05, 4.69) is 15.9 Å². The van der Waals surface area contributed by atoms with Crippen molar-refractivity contribution in [2.75, 3.05) is 26.8 Å². The number of hydrogen-bond acceptors (Lipinski definition) is 3. The summed E-state index contributed by atoms with van der Waals surface area (Å²) in [4.78, 5) is 12.9. The first-order valence-corrected chi connectivity index (χ1v) is 7.26. The van der Waals surface area contributed by atoms with Gasteiger partial charge in [-0.05, 0) is 40.0 Å². The summed E-state index contributed by atoms with van der Waals surface area (Å²) in [7, 11) is 1.56. The summed E-state index contributed by atoms with van der Waals surface area (Å²) in [6.45, 7) is -1.05. The second-order valence-electron chi connectivity index (χ2n) is 4.42. The molecule has 118 valence electrons. The van der Waals surface area contributed by atoms with Gasteiger partial charge in [0, 0.05) is 13.0 Å². The third-order valence-electron chi connectivity index (χ3n) is 2.92. The van der Waals surface area contributed by atoms with Crippen LogP contribution in [-0.4, -0.2) is 49.1 Å². The SMILES string of the molecule is COc1ccc(CCC(=O)N(CCO)CC(F)F)cc1Br. The largest absolute Gasteiger partial charge is 0.496 e. The Morgan fingerprint density at radius 2 is 2.19 bits per heavy atom. The number of ether oxygens (including phenoxy) is 1. The van der Waals surface area contributed by atoms with Gasteiger partial charge in [0.05, 0.1) is 24.7 Å². The maximum absolute atomic E-state index is 12.4. The molecule has 0 spiro atoms. The highest BCUT2D eigenvalue weighted by Gasteiger charge is 2.17. The molecule has 4 nitrogen and oxygen atoms in total. The summed E-state index contributed by atoms with van der Waals surface area (Å²) >= 11 is 3.35. The number of aliphatic hydroxyl groups is 1. The smallest absolute Gasteiger partial charge is 0.255 e. The number of aliphatic hydroxyl groups excluding tert-OH is 1. The number of rotatable bonds is 8. The van der Waals surface area contributed by atoms with Crippen LogP contribution in [0, 0.1) is 0 Å². The van der Waals surface area contributed by atoms with Gasteiger partial charge in [-0.25, -0.2) is 8.78 Å². The highest BCUT2D eigenvalue weighted by molar-refractivity contribution is 9.10. The Kier molecular flexibility index (Phi) is 7.60. The van der Waals surface area contributed by atoms with E-state index in [0.29, 0.717) is 12.2 Å². The second kappa shape index (κ2) is 8.94. The maximum atomic E-state index is 12.4. The Balaban J connectivity index is 2.59. The van der Waals surface area contributed by atoms with E-state index in [0.717, 1.165) is 14.9 Å². The first-order valence-electron chi connectivity index (χ1n) is 6.47. The molecule has 0 aromatic heterocycles. The fourth-order valence-electron chi connectivity index (χ4n) is 1.88. The molecule has 0 bridgehead atoms. The number of carbonyl (C=O) groups is 1. The lowest BCUT2D eigenvalue weighted by molar-refractivity contribution is -0.133. The van der Waals surface area contributed by atoms with Crippen LogP contribution < -0.4 is 4.74 Å². The van der Waals surface area contributed by atoms with Gasteiger partial charge >= 0.3 is 0 Å². The Bertz CT molecular complexity index is 472. The molecule has 1 rings (SSSR count). The number of hydrogen-bond donors (Lipinski definition) is 1. The van der Waals surface area contributed by atoms with E-state index in [9.17, 15) is 13.6 Å². The molecule has 0 saturated heterocycles. The number of alkyl halides is 2. The standard InChI is InChI=1S/C14H18BrF2NO3/c1-21-12-4-2-10(8-11(12)15)3-5-14(20)18(6-7-19)9-13(16)17/h2,4,8,13,19H,3,5-7,9H2,1H3. The highest BCUT2D eigenvalue weighted by Crippen LogP contribution is 2.26. The highest BCUT2D eigenvalue weighted by atomic mass is 79.9. The van der Waals surface area contributed by atoms with E-state index in [1.54, 1.807) is 13.2 Å². The van der Waals surface area contributed by atoms with E-state index in [-0.39, 0.29) is 19.6 Å². The van der Waals surface area contributed by atoms with Crippen LogP contribution >= 0.6 is 15.9 Å². The van der Waals surface area contributed by atoms with Crippen LogP contribution in [0.25, 0.3) is 0 Å². The second-order valence-corrected chi connectivity index (χ2v) is 5.28. The van der Waals surface area contributed by atoms with Crippen LogP contribution in [-0.2, 0) is 11.2 Å². The average molecular weight is 366 g/mol. The van der Waals surface area contributed by atoms with Crippen LogP contribution in [0.1, 0.15) is 12.0 Å². The fraction of sp³-hybridized carbons (Fsp3) is 0.500. The normalized spacial score (nSPS) is 10.8. The van der Waals surface area contributed by atoms with Gasteiger partial charge in [0.15, 0.2) is 0 Å². The summed E-state index contributed by atoms with van der Waals surface area (Å²) in [6.07, 6.45) is -2.05. The van der Waals surface area contributed by atoms with Crippen LogP contribution in [0.15, 0.2) is 22.7 Å². The van der Waals surface area contributed by atoms with Crippen LogP contribution in [0.4, 0.5) is 8.78 Å². The van der Waals surface area contributed by atoms with Gasteiger partial charge in [-0.1, -0.05) is 6.07 Å². The molecule has 0 heterocycles. The lowest BCUT2D eigenvalue weighted by Gasteiger charge is -2.21. The molecule has 21 heavy (non-hydrogen) atoms. The summed E-state index contributed by atoms with van der Waals surface area (Å²) in [5.74, 6) is 0.293. The third kappa shape index (κ3) is 5.97. The quantitative estimate of drug-likeness (QED) is 0.769. The molecule has 0 unspecified atom stereocenters. The Morgan fingerprint density at radius 1 is 1.48 bits per heavy atom. The summed E-state index contributed by atoms with van der Waals surface area (Å²) in [5.41, 5.74) is 0.900. The van der Waals surface area contributed by atoms with Crippen molar-refractivity contribution < 1.29 is 23.4 Å². The zero-order valence-corrected chi connectivity index (χ0v) is 13.3. The minimum Gasteiger partial charge on any atom is -0.496 e. The molecule has 0 fully saturated rings. The molecule has 1 aromatic rings. The van der Waals surface area contributed by atoms with E-state index >= 15 is 0 Å². The summed E-state index contributed by atoms with van der Waals surface area (Å²) < 4.78 is 30.6. The molecule has 0 saturated carbocycles. The van der Waals surface area contributed by atoms with Crippen molar-refractivity contribution in [1.29, 1.82) is 0 Å². The maximum Gasteiger partial charge on any atom is 0.255 e. The average Bonchev–Trinajstić information content (AvgIpc) is 2.44. The minimum absolute atomic E-state index is 0.0739. The number of benzene rings is 1. The molecule has 0 aliphatic carbocycles. The summed E-state index contributed by atoms with van der Waals surface area (Å²) in [6, 6.07) is 5.42. The van der Waals surface area contributed by atoms with Crippen molar-refractivity contribution in [1.82, 2.24) is 4.90 Å². The molecule has 0 aliphatic heterocycles. The predicted molar refractivity (Wildman–Crippen MR) is 78.7 cm³/mol. The third-order valence-corrected chi connectivity index (χ3v) is 3.54. The number of methoxy groups -OCH3 is 1. The number of halogens is 3. The first-order chi connectivity index (χ1) is 9.97. The van der Waals surface area contributed by atoms with Crippen LogP contribution in [0.3, 0.4) is 0 Å². The number of nitrogens with zero attached hydrogens (tertiary/aromatic N) is 1. The molecular weight excluding hydrogens is 348 g/mol. The fourth-order valence-corrected chi connectivity index (χ4v) is 2.47. The predicted octanol–water partition coefficient (Wildman–Crippen LogP) is 2.48. The number of aryl methyl sites for hydroxylation is 1. The van der Waals surface area contributed by atoms with Gasteiger partial charge in [-0.3, -0.25) is 4.79 Å². The van der Waals surface area contributed by atoms with Crippen molar-refractivity contribution in [3.63, 3.8) is 0 Å². The number of carbonyl (C=O) groups excluding carboxylic acids is 1. The molecule has 1 N–H and O–H groups in total. The lowest BCUT2D eigenvalue weighted by atomic mass is 10.1. The topological polar surface area (TPSA) is 49.8 Å². The zero-order valence-electron chi connectivity index (χ0n) is 11.7. The monoisotopic (exact) mass is 365 g/mol. The van der Waals surface area contributed by atoms with Gasteiger partial charge < -0.3 is 14.7 Å². The Labute approximate surface area is 130 Å². The first kappa shape index (κ1) is 17.8. The molecular formula is C14H18BrF2NO3. The zero-order chi connectivity index (χ0) is 15.8. The van der Waals surface area contributed by atoms with Crippen molar-refractivity contribution in [2.24, 2.45) is 0 Å². The molecule has 1 aromatic carbocycles. The van der Waals surface area contributed by atoms with Crippen molar-refractivity contribution in [3.8, 4) is 5.75 Å². The summed E-state index contributed by atoms with van der Waals surface area (Å²) in [5, 5.41) is 8.82. The van der Waals surface area contributed by atoms with Crippen LogP contribution in [0.2, 0.25) is 0 Å². The number of amides is 1. The molecule has 7 heteroatoms. The van der Waals surface area contributed by atoms with E-state index in [4.69, 9.17) is 9.84 Å². The van der Waals surface area contributed by atoms with Gasteiger partial charge in [0.25, 0.3) is 6.43 Å². The Morgan fingerprint density at radius 3 is 2.71 bits per heavy atom. The molecule has 1 amide bonds. The van der Waals surface area contributed by atoms with Crippen LogP contribution in [0.5, 0.6) is 5.75 Å². The molecule has 0 aliphatic rings.